The zero-order valence-corrected chi connectivity index (χ0v) is 9.16. The van der Waals surface area contributed by atoms with Gasteiger partial charge in [-0.1, -0.05) is 54.5 Å². The average Bonchev–Trinajstić information content (AvgIpc) is 1.68. The molecule has 0 amide bonds. The Hall–Kier alpha value is 1.69. The molecule has 0 spiro atoms. The molecule has 7 heavy (non-hydrogen) atoms. The molecule has 0 heterocycles. The Morgan fingerprint density at radius 2 is 2.00 bits per heavy atom. The molecule has 0 N–H and O–H groups in total. The summed E-state index contributed by atoms with van der Waals surface area (Å²) >= 11 is 9.18. The molecule has 0 fully saturated rings. The van der Waals surface area contributed by atoms with Crippen molar-refractivity contribution >= 4 is 54.5 Å². The van der Waals surface area contributed by atoms with Gasteiger partial charge in [0.1, 0.15) is 0 Å². The van der Waals surface area contributed by atoms with E-state index in [1.54, 1.807) is 0 Å². The fraction of sp³-hybridized carbons (Fsp3) is 1.00. The molecule has 0 aliphatic heterocycles. The zero-order valence-electron chi connectivity index (χ0n) is 3.83. The van der Waals surface area contributed by atoms with Gasteiger partial charge in [-0.15, -0.1) is 0 Å². The second kappa shape index (κ2) is 5.82. The van der Waals surface area contributed by atoms with Crippen molar-refractivity contribution in [3.63, 3.8) is 0 Å². The van der Waals surface area contributed by atoms with Crippen molar-refractivity contribution in [3.05, 3.63) is 0 Å². The fourth-order valence-electron chi connectivity index (χ4n) is 0.196. The van der Waals surface area contributed by atoms with Gasteiger partial charge in [0.05, 0.1) is 0 Å². The molecule has 0 radical (unpaired) electrons. The van der Waals surface area contributed by atoms with Gasteiger partial charge in [-0.25, -0.2) is 0 Å². The summed E-state index contributed by atoms with van der Waals surface area (Å²) in [6.45, 7) is 0. The standard InChI is InChI=1S/C4H7Br2I/c5-2-1-4(7)3-6/h4H,1-3H2. The maximum absolute atomic E-state index is 3.39. The van der Waals surface area contributed by atoms with Crippen molar-refractivity contribution in [1.29, 1.82) is 0 Å². The summed E-state index contributed by atoms with van der Waals surface area (Å²) in [6.07, 6.45) is 1.26. The Morgan fingerprint density at radius 3 is 2.14 bits per heavy atom. The van der Waals surface area contributed by atoms with Gasteiger partial charge in [0.2, 0.25) is 0 Å². The molecule has 0 rings (SSSR count). The van der Waals surface area contributed by atoms with Crippen LogP contribution in [0.25, 0.3) is 0 Å². The summed E-state index contributed by atoms with van der Waals surface area (Å²) in [7, 11) is 0. The predicted octanol–water partition coefficient (Wildman–Crippen LogP) is 2.97. The molecular formula is C4H7Br2I. The highest BCUT2D eigenvalue weighted by molar-refractivity contribution is 14.1. The Bertz CT molecular complexity index is 40.7. The topological polar surface area (TPSA) is 0 Å². The van der Waals surface area contributed by atoms with Crippen LogP contribution in [-0.2, 0) is 0 Å². The predicted molar refractivity (Wildman–Crippen MR) is 50.0 cm³/mol. The lowest BCUT2D eigenvalue weighted by molar-refractivity contribution is 0.973. The van der Waals surface area contributed by atoms with Gasteiger partial charge in [0, 0.05) is 14.6 Å². The van der Waals surface area contributed by atoms with E-state index in [0.717, 1.165) is 14.6 Å². The molecule has 0 saturated heterocycles. The van der Waals surface area contributed by atoms with Gasteiger partial charge < -0.3 is 0 Å². The minimum atomic E-state index is 0.789. The Morgan fingerprint density at radius 1 is 1.43 bits per heavy atom. The van der Waals surface area contributed by atoms with Crippen LogP contribution in [0.1, 0.15) is 6.42 Å². The first kappa shape index (κ1) is 8.69. The van der Waals surface area contributed by atoms with Crippen LogP contribution in [0.3, 0.4) is 0 Å². The second-order valence-electron chi connectivity index (χ2n) is 1.23. The van der Waals surface area contributed by atoms with Crippen LogP contribution >= 0.6 is 54.5 Å². The van der Waals surface area contributed by atoms with Crippen molar-refractivity contribution in [2.45, 2.75) is 10.3 Å². The smallest absolute Gasteiger partial charge is 0.0214 e. The van der Waals surface area contributed by atoms with Gasteiger partial charge in [-0.3, -0.25) is 0 Å². The van der Waals surface area contributed by atoms with Crippen molar-refractivity contribution in [1.82, 2.24) is 0 Å². The molecule has 0 bridgehead atoms. The van der Waals surface area contributed by atoms with Gasteiger partial charge in [-0.2, -0.15) is 0 Å². The summed E-state index contributed by atoms with van der Waals surface area (Å²) < 4.78 is 0.789. The van der Waals surface area contributed by atoms with E-state index in [-0.39, 0.29) is 0 Å². The first-order valence-electron chi connectivity index (χ1n) is 2.07. The molecule has 0 aromatic rings. The molecule has 0 nitrogen and oxygen atoms in total. The lowest BCUT2D eigenvalue weighted by Gasteiger charge is -1.98. The van der Waals surface area contributed by atoms with Crippen molar-refractivity contribution in [3.8, 4) is 0 Å². The Labute approximate surface area is 74.8 Å². The summed E-state index contributed by atoms with van der Waals surface area (Å²) in [5.74, 6) is 0. The Balaban J connectivity index is 2.83. The molecule has 0 saturated carbocycles. The highest BCUT2D eigenvalue weighted by Crippen LogP contribution is 2.09. The van der Waals surface area contributed by atoms with Gasteiger partial charge >= 0.3 is 0 Å². The number of halogens is 3. The molecule has 0 aliphatic carbocycles. The fourth-order valence-corrected chi connectivity index (χ4v) is 2.24. The maximum atomic E-state index is 3.39. The first-order chi connectivity index (χ1) is 3.31. The van der Waals surface area contributed by atoms with E-state index in [4.69, 9.17) is 0 Å². The number of hydrogen-bond acceptors (Lipinski definition) is 0. The molecule has 1 unspecified atom stereocenters. The summed E-state index contributed by atoms with van der Waals surface area (Å²) in [5, 5.41) is 2.23. The van der Waals surface area contributed by atoms with Gasteiger partial charge in [0.15, 0.2) is 0 Å². The summed E-state index contributed by atoms with van der Waals surface area (Å²) in [4.78, 5) is 0. The summed E-state index contributed by atoms with van der Waals surface area (Å²) in [6, 6.07) is 0. The SMILES string of the molecule is BrCCC(I)CBr. The first-order valence-corrected chi connectivity index (χ1v) is 5.56. The van der Waals surface area contributed by atoms with Crippen LogP contribution in [0.15, 0.2) is 0 Å². The van der Waals surface area contributed by atoms with E-state index in [2.05, 4.69) is 54.5 Å². The minimum absolute atomic E-state index is 0.789. The van der Waals surface area contributed by atoms with Crippen molar-refractivity contribution in [2.24, 2.45) is 0 Å². The second-order valence-corrected chi connectivity index (χ2v) is 4.43. The lowest BCUT2D eigenvalue weighted by atomic mass is 10.4. The van der Waals surface area contributed by atoms with Crippen LogP contribution in [0, 0.1) is 0 Å². The largest absolute Gasteiger partial charge is 0.0928 e. The molecule has 1 atom stereocenters. The third-order valence-corrected chi connectivity index (χ3v) is 4.10. The van der Waals surface area contributed by atoms with E-state index in [1.807, 2.05) is 0 Å². The minimum Gasteiger partial charge on any atom is -0.0928 e. The van der Waals surface area contributed by atoms with E-state index in [1.165, 1.54) is 6.42 Å². The van der Waals surface area contributed by atoms with E-state index >= 15 is 0 Å². The third-order valence-electron chi connectivity index (χ3n) is 0.590. The van der Waals surface area contributed by atoms with Crippen LogP contribution in [0.2, 0.25) is 0 Å². The lowest BCUT2D eigenvalue weighted by Crippen LogP contribution is -1.97. The van der Waals surface area contributed by atoms with Crippen molar-refractivity contribution in [2.75, 3.05) is 10.7 Å². The highest BCUT2D eigenvalue weighted by Gasteiger charge is 1.96. The van der Waals surface area contributed by atoms with Crippen molar-refractivity contribution < 1.29 is 0 Å². The van der Waals surface area contributed by atoms with E-state index in [9.17, 15) is 0 Å². The van der Waals surface area contributed by atoms with Crippen LogP contribution < -0.4 is 0 Å². The van der Waals surface area contributed by atoms with E-state index < -0.39 is 0 Å². The van der Waals surface area contributed by atoms with Gasteiger partial charge in [-0.05, 0) is 6.42 Å². The molecule has 0 aliphatic rings. The van der Waals surface area contributed by atoms with Crippen LogP contribution in [0.4, 0.5) is 0 Å². The van der Waals surface area contributed by atoms with Crippen LogP contribution in [0.5, 0.6) is 0 Å². The molecule has 0 aromatic heterocycles. The highest BCUT2D eigenvalue weighted by atomic mass is 127. The number of alkyl halides is 3. The molecular weight excluding hydrogens is 335 g/mol. The quantitative estimate of drug-likeness (QED) is 0.547. The normalized spacial score (nSPS) is 14.1. The molecule has 0 aromatic carbocycles. The third kappa shape index (κ3) is 5.56. The van der Waals surface area contributed by atoms with Gasteiger partial charge in [0.25, 0.3) is 0 Å². The molecule has 3 heteroatoms. The maximum Gasteiger partial charge on any atom is 0.0214 e. The molecule has 44 valence electrons. The van der Waals surface area contributed by atoms with Crippen LogP contribution in [-0.4, -0.2) is 14.6 Å². The number of rotatable bonds is 3. The monoisotopic (exact) mass is 340 g/mol. The Kier molecular flexibility index (Phi) is 7.23. The number of hydrogen-bond donors (Lipinski definition) is 0. The van der Waals surface area contributed by atoms with E-state index in [0.29, 0.717) is 0 Å². The summed E-state index contributed by atoms with van der Waals surface area (Å²) in [5.41, 5.74) is 0. The average molecular weight is 342 g/mol. The zero-order chi connectivity index (χ0) is 5.70.